The largest absolute Gasteiger partial charge is 0.455 e. The van der Waals surface area contributed by atoms with Gasteiger partial charge in [-0.05, 0) is 38.5 Å². The fourth-order valence-corrected chi connectivity index (χ4v) is 4.67. The lowest BCUT2D eigenvalue weighted by atomic mass is 9.53. The van der Waals surface area contributed by atoms with Gasteiger partial charge in [0.25, 0.3) is 0 Å². The van der Waals surface area contributed by atoms with E-state index in [-0.39, 0.29) is 30.1 Å². The zero-order valence-corrected chi connectivity index (χ0v) is 11.4. The van der Waals surface area contributed by atoms with E-state index in [4.69, 9.17) is 8.85 Å². The average Bonchev–Trinajstić information content (AvgIpc) is 2.67. The van der Waals surface area contributed by atoms with E-state index in [2.05, 4.69) is 0 Å². The second-order valence-electron chi connectivity index (χ2n) is 6.70. The first kappa shape index (κ1) is 10.2. The zero-order valence-electron chi connectivity index (χ0n) is 14.4. The molecule has 7 atom stereocenters. The van der Waals surface area contributed by atoms with E-state index in [1.165, 1.54) is 0 Å². The molecule has 1 spiro atoms. The van der Waals surface area contributed by atoms with Gasteiger partial charge in [-0.1, -0.05) is 13.8 Å². The molecule has 3 aliphatic rings. The van der Waals surface area contributed by atoms with Crippen molar-refractivity contribution in [3.05, 3.63) is 0 Å². The number of aliphatic hydroxyl groups excluding tert-OH is 1. The van der Waals surface area contributed by atoms with E-state index in [0.29, 0.717) is 12.8 Å². The van der Waals surface area contributed by atoms with Crippen molar-refractivity contribution in [1.29, 1.82) is 0 Å². The second kappa shape index (κ2) is 3.95. The Balaban J connectivity index is 2.10. The minimum atomic E-state index is -2.71. The van der Waals surface area contributed by atoms with Gasteiger partial charge in [0.1, 0.15) is 11.7 Å². The molecular formula is C15H24O4. The first-order valence-electron chi connectivity index (χ1n) is 8.69. The Labute approximate surface area is 118 Å². The summed E-state index contributed by atoms with van der Waals surface area (Å²) in [5.41, 5.74) is -3.47. The summed E-state index contributed by atoms with van der Waals surface area (Å²) in [4.78, 5) is 12.1. The molecule has 0 radical (unpaired) electrons. The number of hydrogen-bond donors (Lipinski definition) is 2. The Morgan fingerprint density at radius 1 is 1.32 bits per heavy atom. The van der Waals surface area contributed by atoms with Crippen molar-refractivity contribution in [1.82, 2.24) is 0 Å². The molecule has 2 N–H and O–H groups in total. The minimum Gasteiger partial charge on any atom is -0.455 e. The van der Waals surface area contributed by atoms with Crippen molar-refractivity contribution in [2.45, 2.75) is 63.7 Å². The maximum Gasteiger partial charge on any atom is 0.309 e. The SMILES string of the molecule is [2H]C([2H])([2H])[C@@]1(O)CC[C@H]2[C@H](C)CC[C@H]3[C@@H](C)C(=O)O[C@@]23[C@@H]1O. The number of aliphatic hydroxyl groups is 2. The fraction of sp³-hybridized carbons (Fsp3) is 0.933. The molecule has 0 aromatic carbocycles. The van der Waals surface area contributed by atoms with Crippen LogP contribution in [0.1, 0.15) is 50.5 Å². The zero-order chi connectivity index (χ0) is 16.5. The van der Waals surface area contributed by atoms with Crippen LogP contribution in [-0.4, -0.2) is 33.5 Å². The highest BCUT2D eigenvalue weighted by Gasteiger charge is 2.68. The molecule has 2 aliphatic carbocycles. The summed E-state index contributed by atoms with van der Waals surface area (Å²) in [6.45, 7) is 1.10. The van der Waals surface area contributed by atoms with Crippen molar-refractivity contribution in [3.8, 4) is 0 Å². The molecule has 1 aliphatic heterocycles. The van der Waals surface area contributed by atoms with Crippen molar-refractivity contribution >= 4 is 5.97 Å². The molecule has 0 unspecified atom stereocenters. The summed E-state index contributed by atoms with van der Waals surface area (Å²) in [5, 5.41) is 21.6. The van der Waals surface area contributed by atoms with E-state index in [0.717, 1.165) is 6.42 Å². The van der Waals surface area contributed by atoms with Crippen molar-refractivity contribution in [2.75, 3.05) is 0 Å². The van der Waals surface area contributed by atoms with Crippen molar-refractivity contribution in [2.24, 2.45) is 23.7 Å². The van der Waals surface area contributed by atoms with Gasteiger partial charge in [-0.15, -0.1) is 0 Å². The number of ether oxygens (including phenoxy) is 1. The van der Waals surface area contributed by atoms with Crippen molar-refractivity contribution < 1.29 is 23.9 Å². The maximum atomic E-state index is 12.1. The van der Waals surface area contributed by atoms with E-state index in [1.807, 2.05) is 6.92 Å². The molecule has 1 saturated heterocycles. The van der Waals surface area contributed by atoms with Crippen molar-refractivity contribution in [3.63, 3.8) is 0 Å². The predicted octanol–water partition coefficient (Wildman–Crippen LogP) is 1.49. The summed E-state index contributed by atoms with van der Waals surface area (Å²) < 4.78 is 28.6. The van der Waals surface area contributed by atoms with Crippen LogP contribution in [-0.2, 0) is 9.53 Å². The van der Waals surface area contributed by atoms with Crippen LogP contribution < -0.4 is 0 Å². The summed E-state index contributed by atoms with van der Waals surface area (Å²) >= 11 is 0. The highest BCUT2D eigenvalue weighted by atomic mass is 16.6. The molecule has 4 heteroatoms. The van der Waals surface area contributed by atoms with E-state index < -0.39 is 30.1 Å². The normalized spacial score (nSPS) is 60.3. The summed E-state index contributed by atoms with van der Waals surface area (Å²) in [7, 11) is 0. The molecule has 2 saturated carbocycles. The number of carbonyl (C=O) groups is 1. The second-order valence-corrected chi connectivity index (χ2v) is 6.70. The minimum absolute atomic E-state index is 0.0000742. The Morgan fingerprint density at radius 2 is 2.05 bits per heavy atom. The van der Waals surface area contributed by atoms with Gasteiger partial charge >= 0.3 is 5.97 Å². The van der Waals surface area contributed by atoms with Crippen LogP contribution in [0.4, 0.5) is 0 Å². The summed E-state index contributed by atoms with van der Waals surface area (Å²) in [6, 6.07) is 0. The Hall–Kier alpha value is -0.610. The van der Waals surface area contributed by atoms with Crippen LogP contribution in [0.25, 0.3) is 0 Å². The van der Waals surface area contributed by atoms with Gasteiger partial charge in [-0.25, -0.2) is 0 Å². The molecule has 0 aromatic rings. The van der Waals surface area contributed by atoms with Crippen LogP contribution in [0.15, 0.2) is 0 Å². The lowest BCUT2D eigenvalue weighted by molar-refractivity contribution is -0.248. The Bertz CT molecular complexity index is 494. The predicted molar refractivity (Wildman–Crippen MR) is 69.2 cm³/mol. The van der Waals surface area contributed by atoms with Crippen LogP contribution in [0.2, 0.25) is 0 Å². The first-order valence-corrected chi connectivity index (χ1v) is 7.19. The molecule has 1 heterocycles. The molecule has 3 rings (SSSR count). The molecule has 4 nitrogen and oxygen atoms in total. The lowest BCUT2D eigenvalue weighted by Crippen LogP contribution is -2.67. The van der Waals surface area contributed by atoms with Gasteiger partial charge in [-0.2, -0.15) is 0 Å². The van der Waals surface area contributed by atoms with Gasteiger partial charge in [0.15, 0.2) is 0 Å². The number of esters is 1. The lowest BCUT2D eigenvalue weighted by Gasteiger charge is -2.56. The molecule has 0 aromatic heterocycles. The maximum absolute atomic E-state index is 12.1. The molecule has 0 amide bonds. The summed E-state index contributed by atoms with van der Waals surface area (Å²) in [5.74, 6) is -0.866. The van der Waals surface area contributed by atoms with Gasteiger partial charge in [0, 0.05) is 15.9 Å². The number of rotatable bonds is 0. The molecular weight excluding hydrogens is 244 g/mol. The smallest absolute Gasteiger partial charge is 0.309 e. The molecule has 108 valence electrons. The highest BCUT2D eigenvalue weighted by Crippen LogP contribution is 2.59. The van der Waals surface area contributed by atoms with Crippen LogP contribution in [0.3, 0.4) is 0 Å². The number of carbonyl (C=O) groups excluding carboxylic acids is 1. The number of hydrogen-bond acceptors (Lipinski definition) is 4. The summed E-state index contributed by atoms with van der Waals surface area (Å²) in [6.07, 6.45) is 0.507. The highest BCUT2D eigenvalue weighted by molar-refractivity contribution is 5.76. The standard InChI is InChI=1S/C15H24O4/c1-8-4-5-11-9(2)12(16)19-15(11)10(8)6-7-14(3,18)13(15)17/h8-11,13,17-18H,4-7H2,1-3H3/t8-,9-,10+,11+,13-,14-,15+/m1/s1/i3D3. The topological polar surface area (TPSA) is 66.8 Å². The van der Waals surface area contributed by atoms with E-state index >= 15 is 0 Å². The van der Waals surface area contributed by atoms with Crippen LogP contribution >= 0.6 is 0 Å². The Kier molecular flexibility index (Phi) is 2.11. The van der Waals surface area contributed by atoms with E-state index in [1.54, 1.807) is 6.92 Å². The average molecular weight is 271 g/mol. The monoisotopic (exact) mass is 271 g/mol. The van der Waals surface area contributed by atoms with Crippen LogP contribution in [0, 0.1) is 23.7 Å². The van der Waals surface area contributed by atoms with Gasteiger partial charge in [0.05, 0.1) is 11.5 Å². The quantitative estimate of drug-likeness (QED) is 0.655. The third kappa shape index (κ3) is 1.56. The molecule has 3 fully saturated rings. The first-order chi connectivity index (χ1) is 10.1. The third-order valence-electron chi connectivity index (χ3n) is 5.75. The third-order valence-corrected chi connectivity index (χ3v) is 5.75. The van der Waals surface area contributed by atoms with Gasteiger partial charge in [0.2, 0.25) is 0 Å². The van der Waals surface area contributed by atoms with Gasteiger partial charge < -0.3 is 14.9 Å². The van der Waals surface area contributed by atoms with Crippen LogP contribution in [0.5, 0.6) is 0 Å². The Morgan fingerprint density at radius 3 is 2.74 bits per heavy atom. The van der Waals surface area contributed by atoms with Gasteiger partial charge in [-0.3, -0.25) is 4.79 Å². The molecule has 0 bridgehead atoms. The molecule has 19 heavy (non-hydrogen) atoms. The fourth-order valence-electron chi connectivity index (χ4n) is 4.67. The van der Waals surface area contributed by atoms with E-state index in [9.17, 15) is 15.0 Å².